The summed E-state index contributed by atoms with van der Waals surface area (Å²) in [6.45, 7) is 1.75. The minimum atomic E-state index is -3.96. The van der Waals surface area contributed by atoms with Gasteiger partial charge >= 0.3 is 7.60 Å². The fourth-order valence-corrected chi connectivity index (χ4v) is 2.72. The van der Waals surface area contributed by atoms with Gasteiger partial charge < -0.3 is 9.79 Å². The molecule has 0 radical (unpaired) electrons. The largest absolute Gasteiger partial charge is 0.350 e. The molecule has 0 aromatic rings. The van der Waals surface area contributed by atoms with E-state index in [4.69, 9.17) is 9.79 Å². The lowest BCUT2D eigenvalue weighted by Gasteiger charge is -2.06. The first-order chi connectivity index (χ1) is 4.50. The summed E-state index contributed by atoms with van der Waals surface area (Å²) in [5.74, 6) is -0.381. The Labute approximate surface area is 62.9 Å². The highest BCUT2D eigenvalue weighted by Gasteiger charge is 2.31. The van der Waals surface area contributed by atoms with E-state index in [0.29, 0.717) is 5.75 Å². The molecular formula is C4H8NO3PS. The minimum Gasteiger partial charge on any atom is -0.323 e. The van der Waals surface area contributed by atoms with Gasteiger partial charge in [-0.1, -0.05) is 0 Å². The van der Waals surface area contributed by atoms with Gasteiger partial charge in [0, 0.05) is 5.75 Å². The summed E-state index contributed by atoms with van der Waals surface area (Å²) in [5.41, 5.74) is 0. The molecule has 0 saturated heterocycles. The zero-order valence-electron chi connectivity index (χ0n) is 5.39. The summed E-state index contributed by atoms with van der Waals surface area (Å²) in [6.07, 6.45) is 0. The molecule has 0 saturated carbocycles. The van der Waals surface area contributed by atoms with Gasteiger partial charge in [-0.25, -0.2) is 0 Å². The Balaban J connectivity index is 2.71. The van der Waals surface area contributed by atoms with Crippen molar-refractivity contribution in [2.24, 2.45) is 4.99 Å². The zero-order valence-corrected chi connectivity index (χ0v) is 7.10. The molecule has 10 heavy (non-hydrogen) atoms. The number of hydrogen-bond donors (Lipinski definition) is 2. The molecule has 1 aliphatic heterocycles. The van der Waals surface area contributed by atoms with Crippen LogP contribution in [0.1, 0.15) is 6.92 Å². The Bertz CT molecular complexity index is 211. The molecule has 0 fully saturated rings. The summed E-state index contributed by atoms with van der Waals surface area (Å²) in [5, 5.41) is 0.758. The van der Waals surface area contributed by atoms with E-state index in [-0.39, 0.29) is 0 Å². The number of nitrogens with zero attached hydrogens (tertiary/aromatic N) is 1. The average molecular weight is 181 g/mol. The highest BCUT2D eigenvalue weighted by Crippen LogP contribution is 2.46. The maximum absolute atomic E-state index is 10.6. The van der Waals surface area contributed by atoms with E-state index in [1.807, 2.05) is 0 Å². The second kappa shape index (κ2) is 2.66. The van der Waals surface area contributed by atoms with E-state index in [9.17, 15) is 4.57 Å². The summed E-state index contributed by atoms with van der Waals surface area (Å²) in [6, 6.07) is 0. The standard InChI is InChI=1S/C4H8NO3PS/c1-3-5-4(2-10-3)9(6,7)8/h4H,2H2,1H3,(H2,6,7,8). The van der Waals surface area contributed by atoms with Gasteiger partial charge in [-0.2, -0.15) is 0 Å². The zero-order chi connectivity index (χ0) is 7.78. The van der Waals surface area contributed by atoms with Crippen LogP contribution in [0.5, 0.6) is 0 Å². The van der Waals surface area contributed by atoms with Crippen molar-refractivity contribution in [2.45, 2.75) is 12.7 Å². The van der Waals surface area contributed by atoms with Crippen molar-refractivity contribution in [1.29, 1.82) is 0 Å². The van der Waals surface area contributed by atoms with Crippen LogP contribution in [0.4, 0.5) is 0 Å². The molecule has 0 bridgehead atoms. The second-order valence-corrected chi connectivity index (χ2v) is 5.02. The van der Waals surface area contributed by atoms with Gasteiger partial charge in [-0.15, -0.1) is 11.8 Å². The molecule has 1 rings (SSSR count). The third-order valence-corrected chi connectivity index (χ3v) is 3.49. The smallest absolute Gasteiger partial charge is 0.323 e. The van der Waals surface area contributed by atoms with Crippen LogP contribution in [0, 0.1) is 0 Å². The normalized spacial score (nSPS) is 26.7. The highest BCUT2D eigenvalue weighted by atomic mass is 32.2. The predicted molar refractivity (Wildman–Crippen MR) is 41.4 cm³/mol. The van der Waals surface area contributed by atoms with Crippen LogP contribution in [0.15, 0.2) is 4.99 Å². The molecule has 6 heteroatoms. The van der Waals surface area contributed by atoms with Crippen LogP contribution in [-0.4, -0.2) is 26.4 Å². The molecule has 2 N–H and O–H groups in total. The van der Waals surface area contributed by atoms with Crippen molar-refractivity contribution in [2.75, 3.05) is 5.75 Å². The van der Waals surface area contributed by atoms with Gasteiger partial charge in [0.25, 0.3) is 0 Å². The topological polar surface area (TPSA) is 69.9 Å². The summed E-state index contributed by atoms with van der Waals surface area (Å²) in [4.78, 5) is 21.0. The van der Waals surface area contributed by atoms with Crippen LogP contribution in [0.25, 0.3) is 0 Å². The molecule has 1 atom stereocenters. The molecular weight excluding hydrogens is 173 g/mol. The summed E-state index contributed by atoms with van der Waals surface area (Å²) in [7, 11) is -3.96. The Morgan fingerprint density at radius 1 is 1.80 bits per heavy atom. The average Bonchev–Trinajstić information content (AvgIpc) is 2.11. The number of hydrogen-bond acceptors (Lipinski definition) is 3. The Morgan fingerprint density at radius 3 is 2.60 bits per heavy atom. The molecule has 0 aromatic carbocycles. The lowest BCUT2D eigenvalue weighted by molar-refractivity contribution is 0.363. The Kier molecular flexibility index (Phi) is 2.20. The monoisotopic (exact) mass is 181 g/mol. The first-order valence-corrected chi connectivity index (χ1v) is 5.39. The lowest BCUT2D eigenvalue weighted by Crippen LogP contribution is -2.03. The fourth-order valence-electron chi connectivity index (χ4n) is 0.652. The number of aliphatic imine (C=N–C) groups is 1. The van der Waals surface area contributed by atoms with E-state index in [0.717, 1.165) is 5.04 Å². The molecule has 0 amide bonds. The first kappa shape index (κ1) is 8.27. The lowest BCUT2D eigenvalue weighted by atomic mass is 10.7. The molecule has 0 spiro atoms. The van der Waals surface area contributed by atoms with Crippen molar-refractivity contribution >= 4 is 24.4 Å². The van der Waals surface area contributed by atoms with Crippen molar-refractivity contribution in [3.8, 4) is 0 Å². The SMILES string of the molecule is CC1=NC(P(=O)(O)O)CS1. The van der Waals surface area contributed by atoms with Crippen LogP contribution in [0.3, 0.4) is 0 Å². The van der Waals surface area contributed by atoms with Crippen molar-refractivity contribution in [3.63, 3.8) is 0 Å². The van der Waals surface area contributed by atoms with Gasteiger partial charge in [0.2, 0.25) is 0 Å². The molecule has 58 valence electrons. The maximum Gasteiger partial charge on any atom is 0.350 e. The van der Waals surface area contributed by atoms with Crippen molar-refractivity contribution < 1.29 is 14.4 Å². The van der Waals surface area contributed by atoms with E-state index in [1.165, 1.54) is 11.8 Å². The predicted octanol–water partition coefficient (Wildman–Crippen LogP) is 0.655. The highest BCUT2D eigenvalue weighted by molar-refractivity contribution is 8.14. The molecule has 1 aliphatic rings. The van der Waals surface area contributed by atoms with Crippen LogP contribution in [-0.2, 0) is 4.57 Å². The van der Waals surface area contributed by atoms with E-state index < -0.39 is 13.4 Å². The van der Waals surface area contributed by atoms with Gasteiger partial charge in [0.15, 0.2) is 5.78 Å². The van der Waals surface area contributed by atoms with Gasteiger partial charge in [0.1, 0.15) is 0 Å². The van der Waals surface area contributed by atoms with E-state index >= 15 is 0 Å². The number of thioether (sulfide) groups is 1. The van der Waals surface area contributed by atoms with Gasteiger partial charge in [-0.05, 0) is 6.92 Å². The third-order valence-electron chi connectivity index (χ3n) is 1.16. The molecule has 4 nitrogen and oxygen atoms in total. The van der Waals surface area contributed by atoms with E-state index in [1.54, 1.807) is 6.92 Å². The quantitative estimate of drug-likeness (QED) is 0.583. The van der Waals surface area contributed by atoms with Gasteiger partial charge in [-0.3, -0.25) is 9.56 Å². The minimum absolute atomic E-state index is 0.413. The summed E-state index contributed by atoms with van der Waals surface area (Å²) < 4.78 is 10.6. The second-order valence-electron chi connectivity index (χ2n) is 2.03. The molecule has 1 heterocycles. The first-order valence-electron chi connectivity index (χ1n) is 2.72. The molecule has 1 unspecified atom stereocenters. The maximum atomic E-state index is 10.6. The fraction of sp³-hybridized carbons (Fsp3) is 0.750. The summed E-state index contributed by atoms with van der Waals surface area (Å²) >= 11 is 1.39. The van der Waals surface area contributed by atoms with Crippen LogP contribution in [0.2, 0.25) is 0 Å². The molecule has 0 aliphatic carbocycles. The Hall–Kier alpha value is 0.170. The molecule has 0 aromatic heterocycles. The third kappa shape index (κ3) is 1.83. The number of rotatable bonds is 1. The van der Waals surface area contributed by atoms with Crippen molar-refractivity contribution in [3.05, 3.63) is 0 Å². The van der Waals surface area contributed by atoms with Crippen LogP contribution >= 0.6 is 19.4 Å². The Morgan fingerprint density at radius 2 is 2.40 bits per heavy atom. The van der Waals surface area contributed by atoms with Gasteiger partial charge in [0.05, 0.1) is 5.04 Å². The van der Waals surface area contributed by atoms with Crippen LogP contribution < -0.4 is 0 Å². The van der Waals surface area contributed by atoms with Crippen molar-refractivity contribution in [1.82, 2.24) is 0 Å². The van der Waals surface area contributed by atoms with E-state index in [2.05, 4.69) is 4.99 Å².